The topological polar surface area (TPSA) is 3.24 Å². The Morgan fingerprint density at radius 2 is 1.35 bits per heavy atom. The lowest BCUT2D eigenvalue weighted by Crippen LogP contribution is -3.00. The predicted molar refractivity (Wildman–Crippen MR) is 69.5 cm³/mol. The van der Waals surface area contributed by atoms with Gasteiger partial charge in [0.05, 0.1) is 26.2 Å². The van der Waals surface area contributed by atoms with Crippen LogP contribution in [0.1, 0.15) is 45.4 Å². The van der Waals surface area contributed by atoms with E-state index in [1.165, 1.54) is 88.8 Å². The molecule has 102 valence electrons. The lowest BCUT2D eigenvalue weighted by molar-refractivity contribution is -0.941. The Hall–Kier alpha value is 0.400. The van der Waals surface area contributed by atoms with Gasteiger partial charge in [-0.05, 0) is 12.8 Å². The van der Waals surface area contributed by atoms with E-state index >= 15 is 0 Å². The maximum Gasteiger partial charge on any atom is 0.0916 e. The van der Waals surface area contributed by atoms with Gasteiger partial charge in [-0.25, -0.2) is 0 Å². The van der Waals surface area contributed by atoms with Crippen LogP contribution in [-0.2, 0) is 0 Å². The molecule has 3 heterocycles. The molecule has 0 radical (unpaired) electrons. The van der Waals surface area contributed by atoms with Crippen molar-refractivity contribution >= 4 is 0 Å². The summed E-state index contributed by atoms with van der Waals surface area (Å²) in [6, 6.07) is 0. The summed E-state index contributed by atoms with van der Waals surface area (Å²) in [6.45, 7) is 12.2. The zero-order chi connectivity index (χ0) is 11.3. The summed E-state index contributed by atoms with van der Waals surface area (Å²) < 4.78 is 1.46. The molecule has 3 aliphatic rings. The van der Waals surface area contributed by atoms with Gasteiger partial charge in [0.2, 0.25) is 0 Å². The maximum atomic E-state index is 2.64. The van der Waals surface area contributed by atoms with Gasteiger partial charge in [0.25, 0.3) is 0 Å². The minimum atomic E-state index is 0. The van der Waals surface area contributed by atoms with Crippen LogP contribution in [0.2, 0.25) is 0 Å². The molecule has 0 unspecified atom stereocenters. The van der Waals surface area contributed by atoms with Crippen molar-refractivity contribution in [3.63, 3.8) is 0 Å². The van der Waals surface area contributed by atoms with E-state index in [0.717, 1.165) is 0 Å². The van der Waals surface area contributed by atoms with Crippen molar-refractivity contribution in [1.82, 2.24) is 4.90 Å². The van der Waals surface area contributed by atoms with Gasteiger partial charge >= 0.3 is 0 Å². The van der Waals surface area contributed by atoms with Crippen molar-refractivity contribution in [3.05, 3.63) is 0 Å². The largest absolute Gasteiger partial charge is 1.00 e. The molecule has 17 heavy (non-hydrogen) atoms. The van der Waals surface area contributed by atoms with Crippen LogP contribution in [0.5, 0.6) is 0 Å². The normalized spacial score (nSPS) is 31.2. The molecule has 0 amide bonds. The van der Waals surface area contributed by atoms with Crippen molar-refractivity contribution in [2.75, 3.05) is 45.8 Å². The van der Waals surface area contributed by atoms with E-state index in [0.29, 0.717) is 0 Å². The third kappa shape index (κ3) is 4.53. The first-order chi connectivity index (χ1) is 7.85. The molecular formula is C14H29BrN2. The second-order valence-electron chi connectivity index (χ2n) is 5.85. The van der Waals surface area contributed by atoms with Crippen LogP contribution >= 0.6 is 0 Å². The summed E-state index contributed by atoms with van der Waals surface area (Å²) >= 11 is 0. The lowest BCUT2D eigenvalue weighted by atomic mass is 10.1. The monoisotopic (exact) mass is 304 g/mol. The Bertz CT molecular complexity index is 187. The zero-order valence-electron chi connectivity index (χ0n) is 11.5. The highest BCUT2D eigenvalue weighted by atomic mass is 79.9. The van der Waals surface area contributed by atoms with E-state index in [2.05, 4.69) is 11.8 Å². The van der Waals surface area contributed by atoms with E-state index in [1.54, 1.807) is 0 Å². The molecule has 2 nitrogen and oxygen atoms in total. The fourth-order valence-electron chi connectivity index (χ4n) is 3.29. The van der Waals surface area contributed by atoms with Crippen LogP contribution in [0.4, 0.5) is 0 Å². The smallest absolute Gasteiger partial charge is 0.0916 e. The van der Waals surface area contributed by atoms with Crippen molar-refractivity contribution in [2.45, 2.75) is 45.4 Å². The highest BCUT2D eigenvalue weighted by Gasteiger charge is 2.37. The van der Waals surface area contributed by atoms with Crippen LogP contribution in [0.3, 0.4) is 0 Å². The molecule has 3 saturated heterocycles. The van der Waals surface area contributed by atoms with Gasteiger partial charge in [0.1, 0.15) is 0 Å². The fourth-order valence-corrected chi connectivity index (χ4v) is 3.29. The van der Waals surface area contributed by atoms with E-state index in [1.807, 2.05) is 0 Å². The number of unbranched alkanes of at least 4 members (excludes halogenated alkanes) is 5. The van der Waals surface area contributed by atoms with Gasteiger partial charge in [-0.1, -0.05) is 32.6 Å². The summed E-state index contributed by atoms with van der Waals surface area (Å²) in [6.07, 6.45) is 8.70. The van der Waals surface area contributed by atoms with E-state index in [-0.39, 0.29) is 17.0 Å². The highest BCUT2D eigenvalue weighted by molar-refractivity contribution is 4.70. The minimum absolute atomic E-state index is 0. The second-order valence-corrected chi connectivity index (χ2v) is 5.85. The summed E-state index contributed by atoms with van der Waals surface area (Å²) in [4.78, 5) is 2.64. The first-order valence-corrected chi connectivity index (χ1v) is 7.42. The number of hydrogen-bond acceptors (Lipinski definition) is 1. The molecule has 0 spiro atoms. The van der Waals surface area contributed by atoms with Crippen molar-refractivity contribution in [2.24, 2.45) is 0 Å². The average molecular weight is 305 g/mol. The fraction of sp³-hybridized carbons (Fsp3) is 1.00. The van der Waals surface area contributed by atoms with E-state index < -0.39 is 0 Å². The molecule has 0 N–H and O–H groups in total. The summed E-state index contributed by atoms with van der Waals surface area (Å²) in [5.74, 6) is 0. The summed E-state index contributed by atoms with van der Waals surface area (Å²) in [7, 11) is 0. The van der Waals surface area contributed by atoms with Gasteiger partial charge in [-0.2, -0.15) is 0 Å². The zero-order valence-corrected chi connectivity index (χ0v) is 13.1. The first kappa shape index (κ1) is 15.5. The molecule has 2 bridgehead atoms. The van der Waals surface area contributed by atoms with E-state index in [4.69, 9.17) is 0 Å². The van der Waals surface area contributed by atoms with Crippen LogP contribution in [0.15, 0.2) is 0 Å². The number of rotatable bonds is 7. The molecule has 3 heteroatoms. The van der Waals surface area contributed by atoms with Crippen molar-refractivity contribution in [3.8, 4) is 0 Å². The lowest BCUT2D eigenvalue weighted by Gasteiger charge is -2.50. The van der Waals surface area contributed by atoms with Gasteiger partial charge in [0.15, 0.2) is 0 Å². The number of quaternary nitrogens is 1. The van der Waals surface area contributed by atoms with Crippen LogP contribution in [0, 0.1) is 0 Å². The van der Waals surface area contributed by atoms with Crippen LogP contribution in [0.25, 0.3) is 0 Å². The molecule has 0 aromatic heterocycles. The molecule has 0 saturated carbocycles. The average Bonchev–Trinajstić information content (AvgIpc) is 2.36. The van der Waals surface area contributed by atoms with Crippen molar-refractivity contribution < 1.29 is 21.5 Å². The third-order valence-corrected chi connectivity index (χ3v) is 4.66. The quantitative estimate of drug-likeness (QED) is 0.453. The molecule has 0 aromatic rings. The Balaban J connectivity index is 0.00000144. The van der Waals surface area contributed by atoms with Gasteiger partial charge in [-0.3, -0.25) is 4.90 Å². The molecule has 0 aromatic carbocycles. The van der Waals surface area contributed by atoms with E-state index in [9.17, 15) is 0 Å². The maximum absolute atomic E-state index is 2.64. The number of nitrogens with zero attached hydrogens (tertiary/aromatic N) is 2. The van der Waals surface area contributed by atoms with Crippen molar-refractivity contribution in [1.29, 1.82) is 0 Å². The predicted octanol–water partition coefficient (Wildman–Crippen LogP) is -0.503. The second kappa shape index (κ2) is 7.75. The SMILES string of the molecule is CCCCCCCC[N+]12CCN(CC1)CC2.[Br-]. The highest BCUT2D eigenvalue weighted by Crippen LogP contribution is 2.20. The standard InChI is InChI=1S/C14H29N2.BrH/c1-2-3-4-5-6-7-11-16-12-8-15(9-13-16)10-14-16;/h2-14H2,1H3;1H/q+1;/p-1. The van der Waals surface area contributed by atoms with Gasteiger partial charge in [-0.15, -0.1) is 0 Å². The Morgan fingerprint density at radius 3 is 1.94 bits per heavy atom. The molecule has 3 rings (SSSR count). The number of hydrogen-bond donors (Lipinski definition) is 0. The molecule has 0 aliphatic carbocycles. The minimum Gasteiger partial charge on any atom is -1.00 e. The third-order valence-electron chi connectivity index (χ3n) is 4.66. The Kier molecular flexibility index (Phi) is 7.05. The first-order valence-electron chi connectivity index (χ1n) is 7.42. The number of fused-ring (bicyclic) bond motifs is 3. The van der Waals surface area contributed by atoms with Gasteiger partial charge < -0.3 is 21.5 Å². The molecular weight excluding hydrogens is 276 g/mol. The molecule has 3 aliphatic heterocycles. The molecule has 0 atom stereocenters. The van der Waals surface area contributed by atoms with Gasteiger partial charge in [0, 0.05) is 19.6 Å². The Labute approximate surface area is 118 Å². The number of piperazine rings is 3. The summed E-state index contributed by atoms with van der Waals surface area (Å²) in [5, 5.41) is 0. The summed E-state index contributed by atoms with van der Waals surface area (Å²) in [5.41, 5.74) is 0. The van der Waals surface area contributed by atoms with Crippen LogP contribution in [-0.4, -0.2) is 55.2 Å². The Morgan fingerprint density at radius 1 is 0.824 bits per heavy atom. The number of halogens is 1. The van der Waals surface area contributed by atoms with Crippen LogP contribution < -0.4 is 17.0 Å². The molecule has 3 fully saturated rings.